The van der Waals surface area contributed by atoms with Crippen LogP contribution in [-0.2, 0) is 9.59 Å². The molecule has 0 aliphatic carbocycles. The third-order valence-electron chi connectivity index (χ3n) is 3.50. The molecule has 1 aliphatic heterocycles. The van der Waals surface area contributed by atoms with Crippen molar-refractivity contribution in [2.75, 3.05) is 27.4 Å². The van der Waals surface area contributed by atoms with Gasteiger partial charge in [-0.3, -0.25) is 14.5 Å². The molecule has 24 heavy (non-hydrogen) atoms. The molecule has 1 aliphatic rings. The summed E-state index contributed by atoms with van der Waals surface area (Å²) in [5.41, 5.74) is 0.709. The van der Waals surface area contributed by atoms with E-state index < -0.39 is 0 Å². The van der Waals surface area contributed by atoms with Crippen molar-refractivity contribution in [1.29, 1.82) is 0 Å². The Labute approximate surface area is 141 Å². The van der Waals surface area contributed by atoms with Crippen LogP contribution in [-0.4, -0.2) is 44.1 Å². The monoisotopic (exact) mass is 331 g/mol. The van der Waals surface area contributed by atoms with Gasteiger partial charge in [0.25, 0.3) is 11.8 Å². The van der Waals surface area contributed by atoms with E-state index in [4.69, 9.17) is 14.2 Å². The number of benzene rings is 1. The fraction of sp³-hybridized carbons (Fsp3) is 0.333. The summed E-state index contributed by atoms with van der Waals surface area (Å²) in [5, 5.41) is 0. The standard InChI is InChI=1S/C18H21NO5/c1-4-24-18-14(22-2)11-13(12-15(18)23-3)8-9-17(21)19-10-6-5-7-16(19)20/h5,7-9,11-12H,4,6,10H2,1-3H3. The lowest BCUT2D eigenvalue weighted by molar-refractivity contribution is -0.139. The molecule has 0 N–H and O–H groups in total. The van der Waals surface area contributed by atoms with E-state index in [1.807, 2.05) is 6.92 Å². The maximum Gasteiger partial charge on any atom is 0.253 e. The number of carbonyl (C=O) groups is 2. The van der Waals surface area contributed by atoms with E-state index in [0.717, 1.165) is 0 Å². The smallest absolute Gasteiger partial charge is 0.253 e. The van der Waals surface area contributed by atoms with Crippen LogP contribution in [0.2, 0.25) is 0 Å². The number of ether oxygens (including phenoxy) is 3. The first-order chi connectivity index (χ1) is 11.6. The fourth-order valence-electron chi connectivity index (χ4n) is 2.35. The number of methoxy groups -OCH3 is 2. The zero-order valence-electron chi connectivity index (χ0n) is 14.1. The minimum Gasteiger partial charge on any atom is -0.493 e. The molecule has 6 nitrogen and oxygen atoms in total. The van der Waals surface area contributed by atoms with E-state index in [-0.39, 0.29) is 11.8 Å². The van der Waals surface area contributed by atoms with Crippen molar-refractivity contribution in [3.05, 3.63) is 35.9 Å². The van der Waals surface area contributed by atoms with Gasteiger partial charge in [0.1, 0.15) is 0 Å². The van der Waals surface area contributed by atoms with Crippen molar-refractivity contribution in [3.63, 3.8) is 0 Å². The molecular weight excluding hydrogens is 310 g/mol. The van der Waals surface area contributed by atoms with E-state index >= 15 is 0 Å². The van der Waals surface area contributed by atoms with Crippen LogP contribution in [0.3, 0.4) is 0 Å². The summed E-state index contributed by atoms with van der Waals surface area (Å²) in [5.74, 6) is 0.900. The van der Waals surface area contributed by atoms with Gasteiger partial charge in [0.15, 0.2) is 11.5 Å². The highest BCUT2D eigenvalue weighted by Crippen LogP contribution is 2.38. The Hall–Kier alpha value is -2.76. The minimum atomic E-state index is -0.351. The zero-order chi connectivity index (χ0) is 17.5. The molecule has 2 rings (SSSR count). The number of hydrogen-bond acceptors (Lipinski definition) is 5. The molecule has 1 heterocycles. The molecule has 1 aromatic rings. The quantitative estimate of drug-likeness (QED) is 0.749. The Kier molecular flexibility index (Phi) is 6.01. The zero-order valence-corrected chi connectivity index (χ0v) is 14.1. The van der Waals surface area contributed by atoms with Gasteiger partial charge in [-0.2, -0.15) is 0 Å². The van der Waals surface area contributed by atoms with Gasteiger partial charge in [-0.25, -0.2) is 0 Å². The van der Waals surface area contributed by atoms with Gasteiger partial charge in [-0.15, -0.1) is 0 Å². The van der Waals surface area contributed by atoms with Crippen LogP contribution < -0.4 is 14.2 Å². The van der Waals surface area contributed by atoms with Gasteiger partial charge < -0.3 is 14.2 Å². The van der Waals surface area contributed by atoms with Crippen LogP contribution >= 0.6 is 0 Å². The Balaban J connectivity index is 2.24. The summed E-state index contributed by atoms with van der Waals surface area (Å²) < 4.78 is 16.2. The van der Waals surface area contributed by atoms with Crippen LogP contribution in [0.25, 0.3) is 6.08 Å². The molecule has 2 amide bonds. The number of hydrogen-bond donors (Lipinski definition) is 0. The molecule has 0 saturated heterocycles. The van der Waals surface area contributed by atoms with Crippen LogP contribution in [0, 0.1) is 0 Å². The summed E-state index contributed by atoms with van der Waals surface area (Å²) >= 11 is 0. The second-order valence-corrected chi connectivity index (χ2v) is 5.04. The molecular formula is C18H21NO5. The lowest BCUT2D eigenvalue weighted by Crippen LogP contribution is -2.37. The number of carbonyl (C=O) groups excluding carboxylic acids is 2. The number of rotatable bonds is 6. The topological polar surface area (TPSA) is 65.1 Å². The van der Waals surface area contributed by atoms with Gasteiger partial charge in [0.2, 0.25) is 5.75 Å². The predicted octanol–water partition coefficient (Wildman–Crippen LogP) is 2.43. The maximum absolute atomic E-state index is 12.2. The number of nitrogens with zero attached hydrogens (tertiary/aromatic N) is 1. The first-order valence-electron chi connectivity index (χ1n) is 7.69. The minimum absolute atomic E-state index is 0.294. The molecule has 0 aromatic heterocycles. The van der Waals surface area contributed by atoms with Gasteiger partial charge in [-0.1, -0.05) is 6.08 Å². The fourth-order valence-corrected chi connectivity index (χ4v) is 2.35. The second-order valence-electron chi connectivity index (χ2n) is 5.04. The van der Waals surface area contributed by atoms with Crippen molar-refractivity contribution in [2.45, 2.75) is 13.3 Å². The maximum atomic E-state index is 12.2. The average molecular weight is 331 g/mol. The molecule has 6 heteroatoms. The van der Waals surface area contributed by atoms with Crippen molar-refractivity contribution in [2.24, 2.45) is 0 Å². The molecule has 0 fully saturated rings. The van der Waals surface area contributed by atoms with E-state index in [1.54, 1.807) is 24.3 Å². The van der Waals surface area contributed by atoms with Crippen LogP contribution in [0.15, 0.2) is 30.4 Å². The Morgan fingerprint density at radius 2 is 1.92 bits per heavy atom. The SMILES string of the molecule is CCOc1c(OC)cc(C=CC(=O)N2CCC=CC2=O)cc1OC. The molecule has 0 saturated carbocycles. The first kappa shape index (κ1) is 17.6. The molecule has 128 valence electrons. The molecule has 0 radical (unpaired) electrons. The molecule has 0 bridgehead atoms. The lowest BCUT2D eigenvalue weighted by atomic mass is 10.1. The van der Waals surface area contributed by atoms with Gasteiger partial charge in [-0.05, 0) is 43.2 Å². The van der Waals surface area contributed by atoms with E-state index in [9.17, 15) is 9.59 Å². The highest BCUT2D eigenvalue weighted by Gasteiger charge is 2.19. The lowest BCUT2D eigenvalue weighted by Gasteiger charge is -2.19. The average Bonchev–Trinajstić information content (AvgIpc) is 2.60. The summed E-state index contributed by atoms with van der Waals surface area (Å²) in [6.07, 6.45) is 6.84. The third-order valence-corrected chi connectivity index (χ3v) is 3.50. The van der Waals surface area contributed by atoms with E-state index in [2.05, 4.69) is 0 Å². The molecule has 0 atom stereocenters. The van der Waals surface area contributed by atoms with Crippen molar-refractivity contribution in [1.82, 2.24) is 4.90 Å². The highest BCUT2D eigenvalue weighted by atomic mass is 16.5. The van der Waals surface area contributed by atoms with E-state index in [1.165, 1.54) is 31.3 Å². The summed E-state index contributed by atoms with van der Waals surface area (Å²) in [6, 6.07) is 3.49. The summed E-state index contributed by atoms with van der Waals surface area (Å²) in [7, 11) is 3.07. The van der Waals surface area contributed by atoms with Crippen molar-refractivity contribution >= 4 is 17.9 Å². The van der Waals surface area contributed by atoms with E-state index in [0.29, 0.717) is 42.4 Å². The van der Waals surface area contributed by atoms with Crippen molar-refractivity contribution < 1.29 is 23.8 Å². The largest absolute Gasteiger partial charge is 0.493 e. The van der Waals surface area contributed by atoms with Crippen LogP contribution in [0.4, 0.5) is 0 Å². The Morgan fingerprint density at radius 3 is 2.46 bits per heavy atom. The Morgan fingerprint density at radius 1 is 1.25 bits per heavy atom. The van der Waals surface area contributed by atoms with Gasteiger partial charge in [0.05, 0.1) is 20.8 Å². The summed E-state index contributed by atoms with van der Waals surface area (Å²) in [4.78, 5) is 25.1. The second kappa shape index (κ2) is 8.19. The Bertz CT molecular complexity index is 653. The van der Waals surface area contributed by atoms with Gasteiger partial charge in [0, 0.05) is 12.6 Å². The number of amides is 2. The molecule has 0 spiro atoms. The first-order valence-corrected chi connectivity index (χ1v) is 7.69. The summed E-state index contributed by atoms with van der Waals surface area (Å²) in [6.45, 7) is 2.74. The number of imide groups is 1. The normalized spacial score (nSPS) is 14.1. The highest BCUT2D eigenvalue weighted by molar-refractivity contribution is 6.06. The van der Waals surface area contributed by atoms with Crippen LogP contribution in [0.5, 0.6) is 17.2 Å². The molecule has 0 unspecified atom stereocenters. The van der Waals surface area contributed by atoms with Crippen LogP contribution in [0.1, 0.15) is 18.9 Å². The van der Waals surface area contributed by atoms with Crippen molar-refractivity contribution in [3.8, 4) is 17.2 Å². The predicted molar refractivity (Wildman–Crippen MR) is 90.2 cm³/mol. The van der Waals surface area contributed by atoms with Gasteiger partial charge >= 0.3 is 0 Å². The third kappa shape index (κ3) is 3.95. The molecule has 1 aromatic carbocycles.